The van der Waals surface area contributed by atoms with Crippen molar-refractivity contribution < 1.29 is 5.11 Å². The quantitative estimate of drug-likeness (QED) is 0.692. The van der Waals surface area contributed by atoms with Gasteiger partial charge in [-0.3, -0.25) is 0 Å². The molecule has 0 aromatic carbocycles. The number of aliphatic hydroxyl groups is 1. The summed E-state index contributed by atoms with van der Waals surface area (Å²) in [5, 5.41) is 17.2. The summed E-state index contributed by atoms with van der Waals surface area (Å²) < 4.78 is 1.50. The van der Waals surface area contributed by atoms with Gasteiger partial charge < -0.3 is 16.2 Å². The van der Waals surface area contributed by atoms with Crippen LogP contribution in [0.15, 0.2) is 18.5 Å². The standard InChI is InChI=1S/C13H21N7O/c1-3-9(4-2)10(21)8-15-12-17-11(14)18-13(19-12)20-7-5-6-16-20/h5-7,9-10,21H,3-4,8H2,1-2H3,(H3,14,15,17,18,19). The summed E-state index contributed by atoms with van der Waals surface area (Å²) in [7, 11) is 0. The van der Waals surface area contributed by atoms with Crippen molar-refractivity contribution in [2.24, 2.45) is 5.92 Å². The molecule has 4 N–H and O–H groups in total. The Bertz CT molecular complexity index is 554. The van der Waals surface area contributed by atoms with Gasteiger partial charge in [-0.15, -0.1) is 0 Å². The molecule has 0 aliphatic carbocycles. The molecule has 0 spiro atoms. The summed E-state index contributed by atoms with van der Waals surface area (Å²) in [5.41, 5.74) is 5.68. The Morgan fingerprint density at radius 2 is 2.05 bits per heavy atom. The maximum atomic E-state index is 10.1. The Kier molecular flexibility index (Phi) is 5.04. The van der Waals surface area contributed by atoms with E-state index in [1.54, 1.807) is 18.5 Å². The number of nitrogens with zero attached hydrogens (tertiary/aromatic N) is 5. The number of hydrogen-bond acceptors (Lipinski definition) is 7. The van der Waals surface area contributed by atoms with Gasteiger partial charge in [0.05, 0.1) is 6.10 Å². The highest BCUT2D eigenvalue weighted by Crippen LogP contribution is 2.14. The monoisotopic (exact) mass is 291 g/mol. The minimum Gasteiger partial charge on any atom is -0.391 e. The van der Waals surface area contributed by atoms with Gasteiger partial charge in [0.15, 0.2) is 0 Å². The van der Waals surface area contributed by atoms with Crippen molar-refractivity contribution in [2.75, 3.05) is 17.6 Å². The first-order valence-electron chi connectivity index (χ1n) is 7.07. The van der Waals surface area contributed by atoms with Crippen LogP contribution in [0.1, 0.15) is 26.7 Å². The van der Waals surface area contributed by atoms with Gasteiger partial charge in [-0.2, -0.15) is 20.1 Å². The van der Waals surface area contributed by atoms with Crippen molar-refractivity contribution in [2.45, 2.75) is 32.8 Å². The normalized spacial score (nSPS) is 12.6. The molecule has 8 heteroatoms. The number of nitrogens with two attached hydrogens (primary N) is 1. The van der Waals surface area contributed by atoms with E-state index in [0.717, 1.165) is 12.8 Å². The van der Waals surface area contributed by atoms with E-state index in [2.05, 4.69) is 39.2 Å². The van der Waals surface area contributed by atoms with E-state index in [-0.39, 0.29) is 11.9 Å². The van der Waals surface area contributed by atoms with Crippen LogP contribution in [0.4, 0.5) is 11.9 Å². The van der Waals surface area contributed by atoms with Crippen LogP contribution in [-0.2, 0) is 0 Å². The zero-order valence-corrected chi connectivity index (χ0v) is 12.3. The zero-order chi connectivity index (χ0) is 15.2. The van der Waals surface area contributed by atoms with Crippen molar-refractivity contribution in [3.8, 4) is 5.95 Å². The number of nitrogens with one attached hydrogen (secondary N) is 1. The summed E-state index contributed by atoms with van der Waals surface area (Å²) in [6.45, 7) is 4.50. The van der Waals surface area contributed by atoms with Crippen molar-refractivity contribution in [1.29, 1.82) is 0 Å². The molecular weight excluding hydrogens is 270 g/mol. The van der Waals surface area contributed by atoms with E-state index in [1.807, 2.05) is 0 Å². The summed E-state index contributed by atoms with van der Waals surface area (Å²) in [5.74, 6) is 1.03. The van der Waals surface area contributed by atoms with Gasteiger partial charge >= 0.3 is 0 Å². The van der Waals surface area contributed by atoms with E-state index < -0.39 is 6.10 Å². The van der Waals surface area contributed by atoms with Gasteiger partial charge in [-0.25, -0.2) is 4.68 Å². The molecule has 0 fully saturated rings. The molecule has 0 saturated carbocycles. The molecule has 21 heavy (non-hydrogen) atoms. The number of aliphatic hydroxyl groups excluding tert-OH is 1. The molecule has 0 aliphatic rings. The van der Waals surface area contributed by atoms with Gasteiger partial charge in [0, 0.05) is 18.9 Å². The fraction of sp³-hybridized carbons (Fsp3) is 0.538. The van der Waals surface area contributed by atoms with Crippen LogP contribution >= 0.6 is 0 Å². The van der Waals surface area contributed by atoms with Crippen LogP contribution in [0.25, 0.3) is 5.95 Å². The second-order valence-electron chi connectivity index (χ2n) is 4.79. The van der Waals surface area contributed by atoms with Crippen molar-refractivity contribution in [3.63, 3.8) is 0 Å². The fourth-order valence-electron chi connectivity index (χ4n) is 2.14. The summed E-state index contributed by atoms with van der Waals surface area (Å²) in [6.07, 6.45) is 4.75. The second-order valence-corrected chi connectivity index (χ2v) is 4.79. The van der Waals surface area contributed by atoms with Gasteiger partial charge in [0.25, 0.3) is 5.95 Å². The number of aromatic nitrogens is 5. The lowest BCUT2D eigenvalue weighted by molar-refractivity contribution is 0.114. The number of nitrogen functional groups attached to an aromatic ring is 1. The lowest BCUT2D eigenvalue weighted by atomic mass is 9.97. The highest BCUT2D eigenvalue weighted by Gasteiger charge is 2.16. The summed E-state index contributed by atoms with van der Waals surface area (Å²) in [4.78, 5) is 12.3. The molecule has 8 nitrogen and oxygen atoms in total. The van der Waals surface area contributed by atoms with Crippen LogP contribution in [0.2, 0.25) is 0 Å². The Morgan fingerprint density at radius 1 is 1.29 bits per heavy atom. The molecule has 2 aromatic heterocycles. The maximum Gasteiger partial charge on any atom is 0.257 e. The van der Waals surface area contributed by atoms with Gasteiger partial charge in [0.1, 0.15) is 0 Å². The van der Waals surface area contributed by atoms with Crippen LogP contribution in [-0.4, -0.2) is 42.5 Å². The number of hydrogen-bond donors (Lipinski definition) is 3. The number of anilines is 2. The van der Waals surface area contributed by atoms with Crippen molar-refractivity contribution in [1.82, 2.24) is 24.7 Å². The first-order valence-corrected chi connectivity index (χ1v) is 7.07. The van der Waals surface area contributed by atoms with Crippen molar-refractivity contribution >= 4 is 11.9 Å². The van der Waals surface area contributed by atoms with E-state index >= 15 is 0 Å². The minimum atomic E-state index is -0.453. The van der Waals surface area contributed by atoms with Gasteiger partial charge in [-0.05, 0) is 12.0 Å². The molecule has 1 unspecified atom stereocenters. The van der Waals surface area contributed by atoms with Crippen LogP contribution in [0, 0.1) is 5.92 Å². The van der Waals surface area contributed by atoms with Crippen molar-refractivity contribution in [3.05, 3.63) is 18.5 Å². The van der Waals surface area contributed by atoms with Crippen LogP contribution in [0.5, 0.6) is 0 Å². The molecule has 2 heterocycles. The summed E-state index contributed by atoms with van der Waals surface area (Å²) >= 11 is 0. The first kappa shape index (κ1) is 15.2. The predicted molar refractivity (Wildman–Crippen MR) is 79.9 cm³/mol. The Morgan fingerprint density at radius 3 is 2.67 bits per heavy atom. The highest BCUT2D eigenvalue weighted by molar-refractivity contribution is 5.34. The SMILES string of the molecule is CCC(CC)C(O)CNc1nc(N)nc(-n2cccn2)n1. The first-order chi connectivity index (χ1) is 10.1. The van der Waals surface area contributed by atoms with Gasteiger partial charge in [0.2, 0.25) is 11.9 Å². The van der Waals surface area contributed by atoms with E-state index in [0.29, 0.717) is 18.4 Å². The Labute approximate surface area is 123 Å². The molecule has 0 aliphatic heterocycles. The van der Waals surface area contributed by atoms with Gasteiger partial charge in [-0.1, -0.05) is 26.7 Å². The highest BCUT2D eigenvalue weighted by atomic mass is 16.3. The zero-order valence-electron chi connectivity index (χ0n) is 12.3. The lowest BCUT2D eigenvalue weighted by Gasteiger charge is -2.20. The fourth-order valence-corrected chi connectivity index (χ4v) is 2.14. The Balaban J connectivity index is 2.07. The van der Waals surface area contributed by atoms with E-state index in [9.17, 15) is 5.11 Å². The molecule has 0 bridgehead atoms. The maximum absolute atomic E-state index is 10.1. The van der Waals surface area contributed by atoms with Crippen LogP contribution in [0.3, 0.4) is 0 Å². The third-order valence-electron chi connectivity index (χ3n) is 3.41. The third kappa shape index (κ3) is 3.88. The molecule has 0 amide bonds. The molecule has 114 valence electrons. The molecular formula is C13H21N7O. The molecule has 1 atom stereocenters. The summed E-state index contributed by atoms with van der Waals surface area (Å²) in [6, 6.07) is 1.77. The topological polar surface area (TPSA) is 115 Å². The Hall–Kier alpha value is -2.22. The molecule has 0 saturated heterocycles. The smallest absolute Gasteiger partial charge is 0.257 e. The van der Waals surface area contributed by atoms with E-state index in [4.69, 9.17) is 5.73 Å². The minimum absolute atomic E-state index is 0.107. The molecule has 2 rings (SSSR count). The molecule has 0 radical (unpaired) electrons. The average Bonchev–Trinajstić information content (AvgIpc) is 3.00. The molecule has 2 aromatic rings. The largest absolute Gasteiger partial charge is 0.391 e. The van der Waals surface area contributed by atoms with Crippen LogP contribution < -0.4 is 11.1 Å². The average molecular weight is 291 g/mol. The third-order valence-corrected chi connectivity index (χ3v) is 3.41. The van der Waals surface area contributed by atoms with E-state index in [1.165, 1.54) is 4.68 Å². The number of rotatable bonds is 7. The lowest BCUT2D eigenvalue weighted by Crippen LogP contribution is -2.28. The predicted octanol–water partition coefficient (Wildman–Crippen LogP) is 0.848. The second kappa shape index (κ2) is 6.98.